The van der Waals surface area contributed by atoms with Crippen LogP contribution in [0.5, 0.6) is 11.5 Å². The molecule has 9 nitrogen and oxygen atoms in total. The summed E-state index contributed by atoms with van der Waals surface area (Å²) in [6.45, 7) is 2.90. The van der Waals surface area contributed by atoms with Gasteiger partial charge in [0.1, 0.15) is 19.3 Å². The largest absolute Gasteiger partial charge is 0.486 e. The number of aliphatic hydroxyl groups is 1. The molecule has 4 aromatic rings. The van der Waals surface area contributed by atoms with E-state index in [1.807, 2.05) is 18.3 Å². The normalized spacial score (nSPS) is 18.0. The smallest absolute Gasteiger partial charge is 0.292 e. The van der Waals surface area contributed by atoms with Gasteiger partial charge >= 0.3 is 0 Å². The number of Topliss-reactive ketones (excluding diaryl/α,β-unsaturated/α-hetero) is 1. The number of aromatic nitrogens is 2. The van der Waals surface area contributed by atoms with Gasteiger partial charge in [-0.25, -0.2) is 0 Å². The van der Waals surface area contributed by atoms with E-state index >= 15 is 0 Å². The second-order valence-electron chi connectivity index (χ2n) is 11.6. The highest BCUT2D eigenvalue weighted by Gasteiger charge is 2.31. The van der Waals surface area contributed by atoms with Crippen LogP contribution in [0.15, 0.2) is 60.8 Å². The van der Waals surface area contributed by atoms with Crippen LogP contribution in [-0.2, 0) is 4.79 Å². The number of halogens is 1. The Hall–Kier alpha value is -3.92. The van der Waals surface area contributed by atoms with E-state index in [4.69, 9.17) is 21.1 Å². The van der Waals surface area contributed by atoms with Crippen LogP contribution < -0.4 is 14.8 Å². The number of amides is 1. The minimum absolute atomic E-state index is 0.278. The molecule has 2 aliphatic heterocycles. The molecule has 3 aliphatic rings. The molecule has 1 saturated heterocycles. The topological polar surface area (TPSA) is 106 Å². The lowest BCUT2D eigenvalue weighted by molar-refractivity contribution is -0.118. The van der Waals surface area contributed by atoms with Crippen LogP contribution in [0.1, 0.15) is 53.8 Å². The lowest BCUT2D eigenvalue weighted by Crippen LogP contribution is -2.48. The quantitative estimate of drug-likeness (QED) is 0.207. The van der Waals surface area contributed by atoms with Gasteiger partial charge in [0.05, 0.1) is 28.8 Å². The summed E-state index contributed by atoms with van der Waals surface area (Å²) < 4.78 is 13.4. The van der Waals surface area contributed by atoms with Crippen molar-refractivity contribution >= 4 is 34.2 Å². The van der Waals surface area contributed by atoms with Gasteiger partial charge in [0, 0.05) is 17.5 Å². The first-order chi connectivity index (χ1) is 20.9. The highest BCUT2D eigenvalue weighted by atomic mass is 35.5. The molecule has 2 atom stereocenters. The fourth-order valence-electron chi connectivity index (χ4n) is 6.02. The monoisotopic (exact) mass is 600 g/mol. The number of ether oxygens (including phenoxy) is 2. The van der Waals surface area contributed by atoms with Crippen LogP contribution in [0.2, 0.25) is 5.02 Å². The summed E-state index contributed by atoms with van der Waals surface area (Å²) >= 11 is 6.43. The molecule has 0 bridgehead atoms. The molecule has 222 valence electrons. The number of likely N-dealkylation sites (tertiary alicyclic amines) is 1. The zero-order chi connectivity index (χ0) is 29.5. The van der Waals surface area contributed by atoms with E-state index in [0.717, 1.165) is 48.0 Å². The predicted octanol–water partition coefficient (Wildman–Crippen LogP) is 4.96. The number of hydrogen-bond donors (Lipinski definition) is 2. The van der Waals surface area contributed by atoms with Crippen molar-refractivity contribution in [2.24, 2.45) is 0 Å². The van der Waals surface area contributed by atoms with Crippen molar-refractivity contribution in [3.8, 4) is 22.6 Å². The van der Waals surface area contributed by atoms with Gasteiger partial charge in [-0.2, -0.15) is 5.10 Å². The van der Waals surface area contributed by atoms with Gasteiger partial charge in [0.25, 0.3) is 5.91 Å². The Balaban J connectivity index is 1.07. The van der Waals surface area contributed by atoms with E-state index < -0.39 is 23.8 Å². The van der Waals surface area contributed by atoms with E-state index in [0.29, 0.717) is 47.9 Å². The lowest BCUT2D eigenvalue weighted by Gasteiger charge is -2.29. The van der Waals surface area contributed by atoms with Gasteiger partial charge in [-0.3, -0.25) is 14.3 Å². The Labute approximate surface area is 254 Å². The number of fused-ring (bicyclic) bond motifs is 2. The fourth-order valence-corrected chi connectivity index (χ4v) is 6.30. The standard InChI is InChI=1S/C33H33ClN4O5/c34-26-16-23(17-29-32(26)43-14-13-42-29)30(39)27(19-37-11-1-2-12-37)36-33(41)31(40)21-5-3-20(4-6-21)22-7-10-28-24(15-22)18-35-38(28)25-8-9-25/h3-7,10,15-18,25,27,30,39H,1-2,8-9,11-14,19H2,(H,36,41)/t27-,30-/m1/s1. The first-order valence-corrected chi connectivity index (χ1v) is 15.2. The SMILES string of the molecule is O=C(N[C@H](CN1CCCC1)[C@H](O)c1cc(Cl)c2c(c1)OCCO2)C(=O)c1ccc(-c2ccc3c(cnn3C3CC3)c2)cc1. The summed E-state index contributed by atoms with van der Waals surface area (Å²) in [6.07, 6.45) is 5.22. The molecule has 1 amide bonds. The first-order valence-electron chi connectivity index (χ1n) is 14.9. The summed E-state index contributed by atoms with van der Waals surface area (Å²) in [4.78, 5) is 28.7. The molecule has 3 heterocycles. The van der Waals surface area contributed by atoms with Gasteiger partial charge in [0.15, 0.2) is 11.5 Å². The molecule has 0 radical (unpaired) electrons. The predicted molar refractivity (Wildman–Crippen MR) is 163 cm³/mol. The molecule has 3 aromatic carbocycles. The number of ketones is 1. The minimum atomic E-state index is -1.12. The number of nitrogens with zero attached hydrogens (tertiary/aromatic N) is 3. The molecule has 2 N–H and O–H groups in total. The molecule has 1 saturated carbocycles. The van der Waals surface area contributed by atoms with Crippen LogP contribution in [0.25, 0.3) is 22.0 Å². The highest BCUT2D eigenvalue weighted by molar-refractivity contribution is 6.42. The van der Waals surface area contributed by atoms with Crippen LogP contribution in [-0.4, -0.2) is 70.4 Å². The Morgan fingerprint density at radius 3 is 2.51 bits per heavy atom. The van der Waals surface area contributed by atoms with E-state index in [9.17, 15) is 14.7 Å². The zero-order valence-corrected chi connectivity index (χ0v) is 24.4. The van der Waals surface area contributed by atoms with Crippen LogP contribution in [0, 0.1) is 0 Å². The number of carbonyl (C=O) groups is 2. The number of hydrogen-bond acceptors (Lipinski definition) is 7. The third kappa shape index (κ3) is 5.72. The zero-order valence-electron chi connectivity index (χ0n) is 23.7. The third-order valence-corrected chi connectivity index (χ3v) is 8.77. The average molecular weight is 601 g/mol. The number of nitrogens with one attached hydrogen (secondary N) is 1. The van der Waals surface area contributed by atoms with E-state index in [1.165, 1.54) is 12.8 Å². The summed E-state index contributed by atoms with van der Waals surface area (Å²) in [5, 5.41) is 20.2. The van der Waals surface area contributed by atoms with Crippen molar-refractivity contribution in [1.29, 1.82) is 0 Å². The summed E-state index contributed by atoms with van der Waals surface area (Å²) in [7, 11) is 0. The van der Waals surface area contributed by atoms with E-state index in [2.05, 4.69) is 38.2 Å². The third-order valence-electron chi connectivity index (χ3n) is 8.49. The molecule has 1 aromatic heterocycles. The van der Waals surface area contributed by atoms with E-state index in [-0.39, 0.29) is 5.56 Å². The summed E-state index contributed by atoms with van der Waals surface area (Å²) in [6, 6.07) is 16.3. The Bertz CT molecular complexity index is 1680. The van der Waals surface area contributed by atoms with Crippen molar-refractivity contribution in [3.63, 3.8) is 0 Å². The molecule has 43 heavy (non-hydrogen) atoms. The molecule has 0 unspecified atom stereocenters. The Morgan fingerprint density at radius 2 is 1.74 bits per heavy atom. The molecular weight excluding hydrogens is 568 g/mol. The maximum atomic E-state index is 13.3. The van der Waals surface area contributed by atoms with Crippen LogP contribution >= 0.6 is 11.6 Å². The number of carbonyl (C=O) groups excluding carboxylic acids is 2. The van der Waals surface area contributed by atoms with Gasteiger partial charge in [0.2, 0.25) is 5.78 Å². The van der Waals surface area contributed by atoms with E-state index in [1.54, 1.807) is 24.3 Å². The van der Waals surface area contributed by atoms with Gasteiger partial charge in [-0.05, 0) is 79.7 Å². The van der Waals surface area contributed by atoms with Gasteiger partial charge in [-0.15, -0.1) is 0 Å². The van der Waals surface area contributed by atoms with Gasteiger partial charge < -0.3 is 24.8 Å². The number of aliphatic hydroxyl groups excluding tert-OH is 1. The first kappa shape index (κ1) is 27.9. The highest BCUT2D eigenvalue weighted by Crippen LogP contribution is 2.40. The summed E-state index contributed by atoms with van der Waals surface area (Å²) in [5.74, 6) is -0.540. The lowest BCUT2D eigenvalue weighted by atomic mass is 9.99. The van der Waals surface area contributed by atoms with Crippen LogP contribution in [0.3, 0.4) is 0 Å². The second kappa shape index (κ2) is 11.6. The van der Waals surface area contributed by atoms with Crippen molar-refractivity contribution in [2.75, 3.05) is 32.8 Å². The Kier molecular flexibility index (Phi) is 7.55. The molecule has 7 rings (SSSR count). The second-order valence-corrected chi connectivity index (χ2v) is 12.0. The van der Waals surface area contributed by atoms with Crippen molar-refractivity contribution in [3.05, 3.63) is 76.9 Å². The van der Waals surface area contributed by atoms with Crippen LogP contribution in [0.4, 0.5) is 0 Å². The summed E-state index contributed by atoms with van der Waals surface area (Å²) in [5.41, 5.74) is 3.84. The minimum Gasteiger partial charge on any atom is -0.486 e. The maximum absolute atomic E-state index is 13.3. The van der Waals surface area contributed by atoms with Crippen molar-refractivity contribution in [2.45, 2.75) is 43.9 Å². The van der Waals surface area contributed by atoms with Crippen molar-refractivity contribution < 1.29 is 24.2 Å². The molecule has 0 spiro atoms. The average Bonchev–Trinajstić information content (AvgIpc) is 3.57. The number of benzene rings is 3. The van der Waals surface area contributed by atoms with Gasteiger partial charge in [-0.1, -0.05) is 41.9 Å². The molecule has 10 heteroatoms. The maximum Gasteiger partial charge on any atom is 0.292 e. The Morgan fingerprint density at radius 1 is 1.00 bits per heavy atom. The number of rotatable bonds is 9. The molecule has 2 fully saturated rings. The fraction of sp³-hybridized carbons (Fsp3) is 0.364. The van der Waals surface area contributed by atoms with Crippen molar-refractivity contribution in [1.82, 2.24) is 20.0 Å². The molecular formula is C33H33ClN4O5. The molecule has 1 aliphatic carbocycles.